The maximum atomic E-state index is 12.6. The van der Waals surface area contributed by atoms with Crippen molar-refractivity contribution in [3.63, 3.8) is 0 Å². The van der Waals surface area contributed by atoms with Crippen LogP contribution in [0.1, 0.15) is 11.1 Å². The number of sulfonamides is 2. The molecule has 0 heterocycles. The summed E-state index contributed by atoms with van der Waals surface area (Å²) in [5.74, 6) is -0.530. The van der Waals surface area contributed by atoms with E-state index in [-0.39, 0.29) is 11.4 Å². The van der Waals surface area contributed by atoms with E-state index in [2.05, 4.69) is 10.0 Å². The lowest BCUT2D eigenvalue weighted by Crippen LogP contribution is -2.34. The molecule has 0 saturated carbocycles. The second kappa shape index (κ2) is 8.29. The van der Waals surface area contributed by atoms with E-state index in [1.807, 2.05) is 32.0 Å². The molecule has 152 valence electrons. The van der Waals surface area contributed by atoms with E-state index in [0.29, 0.717) is 11.4 Å². The highest BCUT2D eigenvalue weighted by Crippen LogP contribution is 2.24. The fraction of sp³-hybridized carbons (Fsp3) is 0.278. The van der Waals surface area contributed by atoms with Crippen molar-refractivity contribution in [2.75, 3.05) is 29.9 Å². The number of hydrogen-bond acceptors (Lipinski definition) is 5. The van der Waals surface area contributed by atoms with Gasteiger partial charge < -0.3 is 5.32 Å². The second-order valence-corrected chi connectivity index (χ2v) is 10.2. The van der Waals surface area contributed by atoms with Crippen molar-refractivity contribution in [2.24, 2.45) is 0 Å². The van der Waals surface area contributed by atoms with Gasteiger partial charge in [-0.3, -0.25) is 9.52 Å². The molecule has 0 aliphatic rings. The minimum absolute atomic E-state index is 0.0430. The summed E-state index contributed by atoms with van der Waals surface area (Å²) in [6.45, 7) is 3.29. The number of hydrogen-bond donors (Lipinski definition) is 2. The first-order valence-electron chi connectivity index (χ1n) is 8.30. The lowest BCUT2D eigenvalue weighted by molar-refractivity contribution is -0.116. The van der Waals surface area contributed by atoms with Crippen LogP contribution in [-0.4, -0.2) is 46.9 Å². The second-order valence-electron chi connectivity index (χ2n) is 6.46. The minimum atomic E-state index is -3.79. The quantitative estimate of drug-likeness (QED) is 0.704. The molecule has 0 atom stereocenters. The molecule has 2 N–H and O–H groups in total. The van der Waals surface area contributed by atoms with Crippen molar-refractivity contribution < 1.29 is 21.6 Å². The molecule has 8 nitrogen and oxygen atoms in total. The third kappa shape index (κ3) is 5.54. The SMILES string of the molecule is Cc1cccc(C)c1NS(=O)(=O)c1ccc(NC(=O)CN(C)S(C)(=O)=O)cc1. The molecule has 2 aromatic carbocycles. The van der Waals surface area contributed by atoms with Crippen molar-refractivity contribution in [3.8, 4) is 0 Å². The fourth-order valence-electron chi connectivity index (χ4n) is 2.41. The molecule has 2 aromatic rings. The maximum Gasteiger partial charge on any atom is 0.261 e. The molecule has 1 amide bonds. The zero-order valence-corrected chi connectivity index (χ0v) is 17.7. The number of nitrogens with zero attached hydrogens (tertiary/aromatic N) is 1. The smallest absolute Gasteiger partial charge is 0.261 e. The Morgan fingerprint density at radius 3 is 2.00 bits per heavy atom. The van der Waals surface area contributed by atoms with E-state index in [1.165, 1.54) is 31.3 Å². The zero-order chi connectivity index (χ0) is 21.1. The van der Waals surface area contributed by atoms with Crippen LogP contribution in [0.3, 0.4) is 0 Å². The number of anilines is 2. The number of para-hydroxylation sites is 1. The summed E-state index contributed by atoms with van der Waals surface area (Å²) in [6.07, 6.45) is 1.00. The highest BCUT2D eigenvalue weighted by Gasteiger charge is 2.18. The number of likely N-dealkylation sites (N-methyl/N-ethyl adjacent to an activating group) is 1. The van der Waals surface area contributed by atoms with Crippen LogP contribution < -0.4 is 10.0 Å². The lowest BCUT2D eigenvalue weighted by atomic mass is 10.1. The zero-order valence-electron chi connectivity index (χ0n) is 16.1. The Bertz CT molecular complexity index is 1060. The number of carbonyl (C=O) groups is 1. The Morgan fingerprint density at radius 2 is 1.50 bits per heavy atom. The van der Waals surface area contributed by atoms with Gasteiger partial charge in [-0.15, -0.1) is 0 Å². The molecule has 0 aliphatic heterocycles. The monoisotopic (exact) mass is 425 g/mol. The van der Waals surface area contributed by atoms with Crippen LogP contribution in [0.15, 0.2) is 47.4 Å². The number of carbonyl (C=O) groups excluding carboxylic acids is 1. The number of aryl methyl sites for hydroxylation is 2. The molecule has 0 bridgehead atoms. The maximum absolute atomic E-state index is 12.6. The van der Waals surface area contributed by atoms with Gasteiger partial charge in [0.15, 0.2) is 0 Å². The van der Waals surface area contributed by atoms with Gasteiger partial charge in [-0.2, -0.15) is 4.31 Å². The summed E-state index contributed by atoms with van der Waals surface area (Å²) < 4.78 is 51.4. The Labute approximate surface area is 165 Å². The van der Waals surface area contributed by atoms with Gasteiger partial charge in [0.2, 0.25) is 15.9 Å². The largest absolute Gasteiger partial charge is 0.325 e. The molecular weight excluding hydrogens is 402 g/mol. The minimum Gasteiger partial charge on any atom is -0.325 e. The predicted molar refractivity (Wildman–Crippen MR) is 109 cm³/mol. The molecule has 0 spiro atoms. The standard InChI is InChI=1S/C18H23N3O5S2/c1-13-6-5-7-14(2)18(13)20-28(25,26)16-10-8-15(9-11-16)19-17(22)12-21(3)27(4,23)24/h5-11,20H,12H2,1-4H3,(H,19,22). The molecular formula is C18H23N3O5S2. The Kier molecular flexibility index (Phi) is 6.48. The number of amides is 1. The van der Waals surface area contributed by atoms with E-state index in [0.717, 1.165) is 21.7 Å². The van der Waals surface area contributed by atoms with Gasteiger partial charge in [-0.1, -0.05) is 18.2 Å². The number of benzene rings is 2. The van der Waals surface area contributed by atoms with Gasteiger partial charge in [0.05, 0.1) is 23.4 Å². The van der Waals surface area contributed by atoms with E-state index >= 15 is 0 Å². The van der Waals surface area contributed by atoms with E-state index in [1.54, 1.807) is 0 Å². The summed E-state index contributed by atoms with van der Waals surface area (Å²) in [5.41, 5.74) is 2.51. The predicted octanol–water partition coefficient (Wildman–Crippen LogP) is 1.93. The fourth-order valence-corrected chi connectivity index (χ4v) is 3.96. The molecule has 0 fully saturated rings. The van der Waals surface area contributed by atoms with Crippen LogP contribution in [0.5, 0.6) is 0 Å². The van der Waals surface area contributed by atoms with Gasteiger partial charge in [-0.25, -0.2) is 16.8 Å². The average Bonchev–Trinajstić information content (AvgIpc) is 2.58. The van der Waals surface area contributed by atoms with Gasteiger partial charge >= 0.3 is 0 Å². The topological polar surface area (TPSA) is 113 Å². The molecule has 0 saturated heterocycles. The summed E-state index contributed by atoms with van der Waals surface area (Å²) in [7, 11) is -5.96. The van der Waals surface area contributed by atoms with Crippen molar-refractivity contribution in [1.82, 2.24) is 4.31 Å². The van der Waals surface area contributed by atoms with Gasteiger partial charge in [0, 0.05) is 12.7 Å². The highest BCUT2D eigenvalue weighted by molar-refractivity contribution is 7.92. The molecule has 0 aliphatic carbocycles. The Hall–Kier alpha value is -2.43. The number of nitrogens with one attached hydrogen (secondary N) is 2. The third-order valence-electron chi connectivity index (χ3n) is 4.10. The van der Waals surface area contributed by atoms with Crippen LogP contribution in [-0.2, 0) is 24.8 Å². The van der Waals surface area contributed by atoms with Crippen molar-refractivity contribution in [3.05, 3.63) is 53.6 Å². The summed E-state index contributed by atoms with van der Waals surface area (Å²) in [6, 6.07) is 11.1. The van der Waals surface area contributed by atoms with Crippen molar-refractivity contribution in [2.45, 2.75) is 18.7 Å². The van der Waals surface area contributed by atoms with Crippen LogP contribution in [0.4, 0.5) is 11.4 Å². The van der Waals surface area contributed by atoms with E-state index in [9.17, 15) is 21.6 Å². The highest BCUT2D eigenvalue weighted by atomic mass is 32.2. The lowest BCUT2D eigenvalue weighted by Gasteiger charge is -2.15. The van der Waals surface area contributed by atoms with Crippen LogP contribution in [0.25, 0.3) is 0 Å². The Morgan fingerprint density at radius 1 is 0.964 bits per heavy atom. The van der Waals surface area contributed by atoms with Crippen molar-refractivity contribution >= 4 is 37.3 Å². The van der Waals surface area contributed by atoms with Gasteiger partial charge in [0.1, 0.15) is 0 Å². The molecule has 28 heavy (non-hydrogen) atoms. The normalized spacial score (nSPS) is 12.0. The first-order chi connectivity index (χ1) is 12.9. The van der Waals surface area contributed by atoms with Crippen molar-refractivity contribution in [1.29, 1.82) is 0 Å². The summed E-state index contributed by atoms with van der Waals surface area (Å²) in [4.78, 5) is 12.0. The average molecular weight is 426 g/mol. The van der Waals surface area contributed by atoms with Crippen LogP contribution in [0.2, 0.25) is 0 Å². The summed E-state index contributed by atoms with van der Waals surface area (Å²) >= 11 is 0. The third-order valence-corrected chi connectivity index (χ3v) is 6.73. The molecule has 2 rings (SSSR count). The first kappa shape index (κ1) is 21.9. The molecule has 0 radical (unpaired) electrons. The van der Waals surface area contributed by atoms with E-state index < -0.39 is 26.0 Å². The Balaban J connectivity index is 2.12. The molecule has 10 heteroatoms. The first-order valence-corrected chi connectivity index (χ1v) is 11.6. The molecule has 0 unspecified atom stereocenters. The van der Waals surface area contributed by atoms with E-state index in [4.69, 9.17) is 0 Å². The summed E-state index contributed by atoms with van der Waals surface area (Å²) in [5, 5.41) is 2.53. The molecule has 0 aromatic heterocycles. The van der Waals surface area contributed by atoms with Gasteiger partial charge in [-0.05, 0) is 49.2 Å². The van der Waals surface area contributed by atoms with Crippen LogP contribution in [0, 0.1) is 13.8 Å². The van der Waals surface area contributed by atoms with Gasteiger partial charge in [0.25, 0.3) is 10.0 Å². The number of rotatable bonds is 7. The van der Waals surface area contributed by atoms with Crippen LogP contribution >= 0.6 is 0 Å².